The molecule has 1 rings (SSSR count). The van der Waals surface area contributed by atoms with Gasteiger partial charge in [0.15, 0.2) is 0 Å². The minimum atomic E-state index is -0.526. The van der Waals surface area contributed by atoms with E-state index in [0.717, 1.165) is 0 Å². The number of benzene rings is 1. The van der Waals surface area contributed by atoms with Crippen molar-refractivity contribution in [1.82, 2.24) is 0 Å². The maximum Gasteiger partial charge on any atom is 0.123 e. The third kappa shape index (κ3) is 4.06. The van der Waals surface area contributed by atoms with Crippen LogP contribution in [0, 0.1) is 5.82 Å². The molecule has 1 aromatic rings. The van der Waals surface area contributed by atoms with Crippen LogP contribution in [-0.4, -0.2) is 22.2 Å². The lowest BCUT2D eigenvalue weighted by atomic mass is 10.1. The molecule has 0 unspecified atom stereocenters. The topological polar surface area (TPSA) is 40.5 Å². The molecular formula is C11H14ClFO2. The Labute approximate surface area is 93.3 Å². The molecule has 0 heterocycles. The Morgan fingerprint density at radius 1 is 1.40 bits per heavy atom. The molecule has 0 aliphatic carbocycles. The van der Waals surface area contributed by atoms with E-state index >= 15 is 0 Å². The van der Waals surface area contributed by atoms with Gasteiger partial charge in [0, 0.05) is 5.88 Å². The molecule has 0 bridgehead atoms. The summed E-state index contributed by atoms with van der Waals surface area (Å²) in [6.45, 7) is 0. The quantitative estimate of drug-likeness (QED) is 0.766. The lowest BCUT2D eigenvalue weighted by Gasteiger charge is -2.07. The van der Waals surface area contributed by atoms with Crippen LogP contribution in [-0.2, 0) is 6.42 Å². The number of halogens is 2. The standard InChI is InChI=1S/C11H14ClFO2/c12-7-10(14)3-1-2-8-6-9(13)4-5-11(8)15/h4-6,10,14-15H,1-3,7H2/t10-/m0/s1. The van der Waals surface area contributed by atoms with Crippen molar-refractivity contribution in [2.45, 2.75) is 25.4 Å². The second-order valence-corrected chi connectivity index (χ2v) is 3.78. The molecule has 0 aliphatic heterocycles. The molecule has 0 aromatic heterocycles. The number of hydrogen-bond acceptors (Lipinski definition) is 2. The molecule has 0 spiro atoms. The average molecular weight is 233 g/mol. The molecule has 4 heteroatoms. The maximum absolute atomic E-state index is 12.8. The number of alkyl halides is 1. The minimum Gasteiger partial charge on any atom is -0.508 e. The number of rotatable bonds is 5. The van der Waals surface area contributed by atoms with Crippen molar-refractivity contribution in [3.8, 4) is 5.75 Å². The zero-order valence-electron chi connectivity index (χ0n) is 8.29. The van der Waals surface area contributed by atoms with Crippen LogP contribution < -0.4 is 0 Å². The Morgan fingerprint density at radius 3 is 2.80 bits per heavy atom. The predicted octanol–water partition coefficient (Wildman–Crippen LogP) is 2.45. The second-order valence-electron chi connectivity index (χ2n) is 3.47. The summed E-state index contributed by atoms with van der Waals surface area (Å²) in [5.41, 5.74) is 0.566. The number of phenolic OH excluding ortho intramolecular Hbond substituents is 1. The Hall–Kier alpha value is -0.800. The maximum atomic E-state index is 12.8. The van der Waals surface area contributed by atoms with E-state index in [1.165, 1.54) is 18.2 Å². The monoisotopic (exact) mass is 232 g/mol. The zero-order chi connectivity index (χ0) is 11.3. The van der Waals surface area contributed by atoms with E-state index in [4.69, 9.17) is 11.6 Å². The zero-order valence-corrected chi connectivity index (χ0v) is 9.04. The van der Waals surface area contributed by atoms with Crippen LogP contribution in [0.5, 0.6) is 5.75 Å². The van der Waals surface area contributed by atoms with Crippen LogP contribution in [0.25, 0.3) is 0 Å². The molecule has 2 N–H and O–H groups in total. The summed E-state index contributed by atoms with van der Waals surface area (Å²) in [6.07, 6.45) is 1.24. The molecule has 1 aromatic carbocycles. The van der Waals surface area contributed by atoms with Crippen molar-refractivity contribution in [3.05, 3.63) is 29.6 Å². The van der Waals surface area contributed by atoms with Crippen molar-refractivity contribution >= 4 is 11.6 Å². The van der Waals surface area contributed by atoms with Gasteiger partial charge < -0.3 is 10.2 Å². The van der Waals surface area contributed by atoms with Gasteiger partial charge >= 0.3 is 0 Å². The van der Waals surface area contributed by atoms with Crippen molar-refractivity contribution in [2.24, 2.45) is 0 Å². The van der Waals surface area contributed by atoms with E-state index in [9.17, 15) is 14.6 Å². The number of aliphatic hydroxyl groups is 1. The van der Waals surface area contributed by atoms with Crippen LogP contribution in [0.15, 0.2) is 18.2 Å². The van der Waals surface area contributed by atoms with Gasteiger partial charge in [-0.3, -0.25) is 0 Å². The van der Waals surface area contributed by atoms with Crippen LogP contribution in [0.1, 0.15) is 18.4 Å². The smallest absolute Gasteiger partial charge is 0.123 e. The lowest BCUT2D eigenvalue weighted by molar-refractivity contribution is 0.185. The van der Waals surface area contributed by atoms with Gasteiger partial charge in [0.05, 0.1) is 6.10 Å². The first-order chi connectivity index (χ1) is 7.13. The Morgan fingerprint density at radius 2 is 2.13 bits per heavy atom. The van der Waals surface area contributed by atoms with Crippen LogP contribution >= 0.6 is 11.6 Å². The van der Waals surface area contributed by atoms with Crippen LogP contribution in [0.4, 0.5) is 4.39 Å². The second kappa shape index (κ2) is 5.93. The summed E-state index contributed by atoms with van der Waals surface area (Å²) < 4.78 is 12.8. The number of phenols is 1. The van der Waals surface area contributed by atoms with E-state index < -0.39 is 6.10 Å². The minimum absolute atomic E-state index is 0.0942. The molecule has 0 fully saturated rings. The third-order valence-corrected chi connectivity index (χ3v) is 2.56. The molecule has 15 heavy (non-hydrogen) atoms. The molecule has 0 radical (unpaired) electrons. The first-order valence-electron chi connectivity index (χ1n) is 4.85. The average Bonchev–Trinajstić information content (AvgIpc) is 2.23. The molecule has 0 amide bonds. The number of aliphatic hydroxyl groups excluding tert-OH is 1. The summed E-state index contributed by atoms with van der Waals surface area (Å²) in [6, 6.07) is 3.86. The number of aromatic hydroxyl groups is 1. The first-order valence-corrected chi connectivity index (χ1v) is 5.38. The van der Waals surface area contributed by atoms with E-state index in [-0.39, 0.29) is 17.4 Å². The molecule has 2 nitrogen and oxygen atoms in total. The first kappa shape index (κ1) is 12.3. The van der Waals surface area contributed by atoms with Gasteiger partial charge in [0.1, 0.15) is 11.6 Å². The van der Waals surface area contributed by atoms with Crippen molar-refractivity contribution in [3.63, 3.8) is 0 Å². The molecule has 0 saturated carbocycles. The van der Waals surface area contributed by atoms with Gasteiger partial charge in [0.25, 0.3) is 0 Å². The van der Waals surface area contributed by atoms with E-state index in [1.54, 1.807) is 0 Å². The highest BCUT2D eigenvalue weighted by atomic mass is 35.5. The number of aryl methyl sites for hydroxylation is 1. The molecular weight excluding hydrogens is 219 g/mol. The Kier molecular flexibility index (Phi) is 4.85. The predicted molar refractivity (Wildman–Crippen MR) is 57.7 cm³/mol. The van der Waals surface area contributed by atoms with E-state index in [1.807, 2.05) is 0 Å². The highest BCUT2D eigenvalue weighted by Gasteiger charge is 2.05. The number of hydrogen-bond donors (Lipinski definition) is 2. The molecule has 1 atom stereocenters. The largest absolute Gasteiger partial charge is 0.508 e. The van der Waals surface area contributed by atoms with Crippen molar-refractivity contribution in [2.75, 3.05) is 5.88 Å². The highest BCUT2D eigenvalue weighted by Crippen LogP contribution is 2.20. The van der Waals surface area contributed by atoms with Gasteiger partial charge in [0.2, 0.25) is 0 Å². The SMILES string of the molecule is Oc1ccc(F)cc1CCC[C@H](O)CCl. The molecule has 0 saturated heterocycles. The normalized spacial score (nSPS) is 12.7. The van der Waals surface area contributed by atoms with Gasteiger partial charge in [-0.05, 0) is 43.0 Å². The van der Waals surface area contributed by atoms with Gasteiger partial charge in [-0.15, -0.1) is 11.6 Å². The summed E-state index contributed by atoms with van der Waals surface area (Å²) in [4.78, 5) is 0. The summed E-state index contributed by atoms with van der Waals surface area (Å²) in [5, 5.41) is 18.6. The van der Waals surface area contributed by atoms with Gasteiger partial charge in [-0.25, -0.2) is 4.39 Å². The lowest BCUT2D eigenvalue weighted by Crippen LogP contribution is -2.08. The van der Waals surface area contributed by atoms with Crippen LogP contribution in [0.3, 0.4) is 0 Å². The fourth-order valence-electron chi connectivity index (χ4n) is 1.36. The highest BCUT2D eigenvalue weighted by molar-refractivity contribution is 6.18. The molecule has 84 valence electrons. The summed E-state index contributed by atoms with van der Waals surface area (Å²) in [7, 11) is 0. The Balaban J connectivity index is 2.46. The fraction of sp³-hybridized carbons (Fsp3) is 0.455. The van der Waals surface area contributed by atoms with Crippen molar-refractivity contribution in [1.29, 1.82) is 0 Å². The van der Waals surface area contributed by atoms with Crippen LogP contribution in [0.2, 0.25) is 0 Å². The molecule has 0 aliphatic rings. The fourth-order valence-corrected chi connectivity index (χ4v) is 1.51. The van der Waals surface area contributed by atoms with E-state index in [0.29, 0.717) is 24.8 Å². The summed E-state index contributed by atoms with van der Waals surface area (Å²) in [5.74, 6) is -0.0627. The summed E-state index contributed by atoms with van der Waals surface area (Å²) >= 11 is 5.43. The Bertz CT molecular complexity index is 317. The van der Waals surface area contributed by atoms with Crippen molar-refractivity contribution < 1.29 is 14.6 Å². The van der Waals surface area contributed by atoms with E-state index in [2.05, 4.69) is 0 Å². The third-order valence-electron chi connectivity index (χ3n) is 2.20. The van der Waals surface area contributed by atoms with Gasteiger partial charge in [-0.2, -0.15) is 0 Å². The van der Waals surface area contributed by atoms with Gasteiger partial charge in [-0.1, -0.05) is 0 Å².